The number of aromatic nitrogens is 1. The number of halogens is 2. The monoisotopic (exact) mass is 378 g/mol. The number of hydrogen-bond donors (Lipinski definition) is 1. The molecule has 1 aromatic carbocycles. The van der Waals surface area contributed by atoms with Crippen molar-refractivity contribution in [1.29, 1.82) is 0 Å². The minimum absolute atomic E-state index is 0.0150. The minimum Gasteiger partial charge on any atom is -0.301 e. The molecule has 0 radical (unpaired) electrons. The molecule has 1 aromatic heterocycles. The highest BCUT2D eigenvalue weighted by Gasteiger charge is 2.30. The number of nitrogens with zero attached hydrogens (tertiary/aromatic N) is 1. The van der Waals surface area contributed by atoms with Crippen molar-refractivity contribution in [3.63, 3.8) is 0 Å². The van der Waals surface area contributed by atoms with Gasteiger partial charge >= 0.3 is 0 Å². The molecule has 140 valence electrons. The molecule has 1 aliphatic carbocycles. The maximum Gasteiger partial charge on any atom is 0.270 e. The van der Waals surface area contributed by atoms with E-state index < -0.39 is 5.92 Å². The molecule has 1 atom stereocenters. The van der Waals surface area contributed by atoms with E-state index in [0.717, 1.165) is 31.7 Å². The molecule has 0 spiro atoms. The predicted octanol–water partition coefficient (Wildman–Crippen LogP) is 5.87. The number of carbonyl (C=O) groups excluding carboxylic acids is 1. The van der Waals surface area contributed by atoms with Gasteiger partial charge in [0.25, 0.3) is 5.92 Å². The van der Waals surface area contributed by atoms with Crippen LogP contribution < -0.4 is 5.32 Å². The molecular formula is C20H24F2N2OS. The van der Waals surface area contributed by atoms with E-state index in [0.29, 0.717) is 16.6 Å². The number of aryl methyl sites for hydroxylation is 1. The van der Waals surface area contributed by atoms with Crippen molar-refractivity contribution in [2.75, 3.05) is 5.32 Å². The van der Waals surface area contributed by atoms with Crippen molar-refractivity contribution in [2.45, 2.75) is 57.8 Å². The van der Waals surface area contributed by atoms with Gasteiger partial charge in [0.2, 0.25) is 5.91 Å². The van der Waals surface area contributed by atoms with E-state index in [4.69, 9.17) is 0 Å². The second-order valence-corrected chi connectivity index (χ2v) is 8.12. The molecule has 26 heavy (non-hydrogen) atoms. The molecule has 3 nitrogen and oxygen atoms in total. The number of nitrogens with one attached hydrogen (secondary N) is 1. The summed E-state index contributed by atoms with van der Waals surface area (Å²) in [6.07, 6.45) is 7.06. The Morgan fingerprint density at radius 2 is 2.12 bits per heavy atom. The summed E-state index contributed by atoms with van der Waals surface area (Å²) in [7, 11) is 0. The Hall–Kier alpha value is -1.82. The summed E-state index contributed by atoms with van der Waals surface area (Å²) in [5.41, 5.74) is 1.34. The molecule has 1 fully saturated rings. The Balaban J connectivity index is 1.86. The second-order valence-electron chi connectivity index (χ2n) is 7.23. The lowest BCUT2D eigenvalue weighted by atomic mass is 9.85. The van der Waals surface area contributed by atoms with Crippen molar-refractivity contribution in [3.05, 3.63) is 46.5 Å². The predicted molar refractivity (Wildman–Crippen MR) is 101 cm³/mol. The smallest absolute Gasteiger partial charge is 0.270 e. The van der Waals surface area contributed by atoms with Gasteiger partial charge in [-0.1, -0.05) is 43.9 Å². The molecule has 3 rings (SSSR count). The molecular weight excluding hydrogens is 354 g/mol. The van der Waals surface area contributed by atoms with Gasteiger partial charge in [0.1, 0.15) is 0 Å². The van der Waals surface area contributed by atoms with Crippen LogP contribution >= 0.6 is 11.3 Å². The lowest BCUT2D eigenvalue weighted by Gasteiger charge is -2.22. The fourth-order valence-electron chi connectivity index (χ4n) is 3.85. The maximum atomic E-state index is 13.7. The molecule has 1 unspecified atom stereocenters. The fourth-order valence-corrected chi connectivity index (χ4v) is 4.38. The lowest BCUT2D eigenvalue weighted by Crippen LogP contribution is -2.23. The Kier molecular flexibility index (Phi) is 5.70. The van der Waals surface area contributed by atoms with Gasteiger partial charge in [0.05, 0.1) is 5.92 Å². The van der Waals surface area contributed by atoms with Crippen LogP contribution in [0.2, 0.25) is 0 Å². The number of rotatable bonds is 6. The van der Waals surface area contributed by atoms with Crippen LogP contribution in [-0.2, 0) is 10.7 Å². The Bertz CT molecular complexity index is 750. The van der Waals surface area contributed by atoms with E-state index in [1.807, 2.05) is 5.38 Å². The van der Waals surface area contributed by atoms with Crippen LogP contribution in [0.15, 0.2) is 29.8 Å². The first-order valence-electron chi connectivity index (χ1n) is 9.04. The number of anilines is 1. The quantitative estimate of drug-likeness (QED) is 0.683. The highest BCUT2D eigenvalue weighted by atomic mass is 32.1. The average molecular weight is 378 g/mol. The Labute approximate surface area is 156 Å². The zero-order valence-electron chi connectivity index (χ0n) is 15.1. The number of carbonyl (C=O) groups is 1. The van der Waals surface area contributed by atoms with E-state index in [-0.39, 0.29) is 17.4 Å². The fraction of sp³-hybridized carbons (Fsp3) is 0.500. The van der Waals surface area contributed by atoms with Gasteiger partial charge in [0.15, 0.2) is 5.13 Å². The van der Waals surface area contributed by atoms with E-state index in [1.165, 1.54) is 30.2 Å². The molecule has 1 heterocycles. The first-order chi connectivity index (χ1) is 12.3. The summed E-state index contributed by atoms with van der Waals surface area (Å²) >= 11 is 1.37. The maximum absolute atomic E-state index is 13.7. The third kappa shape index (κ3) is 4.47. The van der Waals surface area contributed by atoms with Crippen molar-refractivity contribution in [2.24, 2.45) is 5.92 Å². The summed E-state index contributed by atoms with van der Waals surface area (Å²) in [5.74, 6) is -2.83. The van der Waals surface area contributed by atoms with Crippen LogP contribution in [0.25, 0.3) is 0 Å². The molecule has 2 aromatic rings. The van der Waals surface area contributed by atoms with Crippen LogP contribution in [0.3, 0.4) is 0 Å². The van der Waals surface area contributed by atoms with Gasteiger partial charge in [-0.25, -0.2) is 13.8 Å². The molecule has 1 aliphatic rings. The molecule has 1 saturated carbocycles. The third-order valence-electron chi connectivity index (χ3n) is 5.15. The first-order valence-corrected chi connectivity index (χ1v) is 9.92. The van der Waals surface area contributed by atoms with Crippen LogP contribution in [0.5, 0.6) is 0 Å². The van der Waals surface area contributed by atoms with Crippen LogP contribution in [-0.4, -0.2) is 10.9 Å². The van der Waals surface area contributed by atoms with Gasteiger partial charge in [0, 0.05) is 24.1 Å². The minimum atomic E-state index is -2.88. The zero-order chi connectivity index (χ0) is 18.7. The average Bonchev–Trinajstić information content (AvgIpc) is 3.24. The summed E-state index contributed by atoms with van der Waals surface area (Å²) in [4.78, 5) is 17.0. The van der Waals surface area contributed by atoms with Gasteiger partial charge in [-0.3, -0.25) is 4.79 Å². The SMILES string of the molecule is Cc1cc(C(CC2CCCC2)C(=O)Nc2nccs2)ccc1C(C)(F)F. The number of benzene rings is 1. The number of hydrogen-bond acceptors (Lipinski definition) is 3. The van der Waals surface area contributed by atoms with Gasteiger partial charge in [-0.2, -0.15) is 0 Å². The molecule has 1 N–H and O–H groups in total. The van der Waals surface area contributed by atoms with Crippen molar-refractivity contribution < 1.29 is 13.6 Å². The van der Waals surface area contributed by atoms with Crippen LogP contribution in [0.1, 0.15) is 61.6 Å². The standard InChI is InChI=1S/C20H24F2N2OS/c1-13-11-15(7-8-17(13)20(2,21)22)16(12-14-5-3-4-6-14)18(25)24-19-23-9-10-26-19/h7-11,14,16H,3-6,12H2,1-2H3,(H,23,24,25). The normalized spacial score (nSPS) is 16.6. The Morgan fingerprint density at radius 3 is 2.69 bits per heavy atom. The molecule has 0 saturated heterocycles. The van der Waals surface area contributed by atoms with Crippen molar-refractivity contribution >= 4 is 22.4 Å². The van der Waals surface area contributed by atoms with Gasteiger partial charge in [-0.15, -0.1) is 11.3 Å². The summed E-state index contributed by atoms with van der Waals surface area (Å²) in [5, 5.41) is 5.26. The molecule has 6 heteroatoms. The first kappa shape index (κ1) is 19.0. The van der Waals surface area contributed by atoms with Gasteiger partial charge in [-0.05, 0) is 30.4 Å². The summed E-state index contributed by atoms with van der Waals surface area (Å²) in [6, 6.07) is 4.89. The topological polar surface area (TPSA) is 42.0 Å². The number of alkyl halides is 2. The summed E-state index contributed by atoms with van der Waals surface area (Å²) < 4.78 is 27.4. The van der Waals surface area contributed by atoms with E-state index in [1.54, 1.807) is 25.3 Å². The van der Waals surface area contributed by atoms with E-state index in [2.05, 4.69) is 10.3 Å². The summed E-state index contributed by atoms with van der Waals surface area (Å²) in [6.45, 7) is 2.59. The third-order valence-corrected chi connectivity index (χ3v) is 5.84. The number of thiazole rings is 1. The lowest BCUT2D eigenvalue weighted by molar-refractivity contribution is -0.118. The molecule has 0 aliphatic heterocycles. The van der Waals surface area contributed by atoms with Crippen LogP contribution in [0, 0.1) is 12.8 Å². The zero-order valence-corrected chi connectivity index (χ0v) is 15.9. The van der Waals surface area contributed by atoms with E-state index in [9.17, 15) is 13.6 Å². The van der Waals surface area contributed by atoms with Crippen molar-refractivity contribution in [1.82, 2.24) is 4.98 Å². The largest absolute Gasteiger partial charge is 0.301 e. The molecule has 0 bridgehead atoms. The highest BCUT2D eigenvalue weighted by Crippen LogP contribution is 2.37. The Morgan fingerprint density at radius 1 is 1.38 bits per heavy atom. The molecule has 1 amide bonds. The van der Waals surface area contributed by atoms with E-state index >= 15 is 0 Å². The number of amides is 1. The highest BCUT2D eigenvalue weighted by molar-refractivity contribution is 7.13. The van der Waals surface area contributed by atoms with Crippen molar-refractivity contribution in [3.8, 4) is 0 Å². The van der Waals surface area contributed by atoms with Crippen LogP contribution in [0.4, 0.5) is 13.9 Å². The van der Waals surface area contributed by atoms with Gasteiger partial charge < -0.3 is 5.32 Å². The second kappa shape index (κ2) is 7.82.